The summed E-state index contributed by atoms with van der Waals surface area (Å²) in [5.41, 5.74) is -0.193. The van der Waals surface area contributed by atoms with Crippen LogP contribution in [0.1, 0.15) is 130 Å². The summed E-state index contributed by atoms with van der Waals surface area (Å²) in [7, 11) is 0. The van der Waals surface area contributed by atoms with Crippen LogP contribution in [-0.2, 0) is 9.59 Å². The van der Waals surface area contributed by atoms with E-state index in [1.54, 1.807) is 21.7 Å². The van der Waals surface area contributed by atoms with E-state index < -0.39 is 11.9 Å². The van der Waals surface area contributed by atoms with E-state index in [1.165, 1.54) is 64.2 Å². The van der Waals surface area contributed by atoms with Gasteiger partial charge in [-0.15, -0.1) is 0 Å². The second kappa shape index (κ2) is 27.5. The summed E-state index contributed by atoms with van der Waals surface area (Å²) in [6.07, 6.45) is 22.3. The molecule has 0 N–H and O–H groups in total. The summed E-state index contributed by atoms with van der Waals surface area (Å²) in [5, 5.41) is 20.6. The molecule has 0 rings (SSSR count). The van der Waals surface area contributed by atoms with Gasteiger partial charge in [-0.3, -0.25) is 0 Å². The van der Waals surface area contributed by atoms with Gasteiger partial charge in [0.15, 0.2) is 0 Å². The molecule has 0 aromatic carbocycles. The fourth-order valence-corrected chi connectivity index (χ4v) is 6.87. The van der Waals surface area contributed by atoms with Crippen molar-refractivity contribution in [1.82, 2.24) is 0 Å². The first-order valence-electron chi connectivity index (χ1n) is 12.8. The topological polar surface area (TPSA) is 80.3 Å². The zero-order valence-electron chi connectivity index (χ0n) is 20.6. The van der Waals surface area contributed by atoms with Gasteiger partial charge in [-0.2, -0.15) is 0 Å². The molecule has 0 aliphatic rings. The zero-order chi connectivity index (χ0) is 23.6. The number of carbonyl (C=O) groups excluding carboxylic acids is 2. The molecule has 0 aromatic heterocycles. The van der Waals surface area contributed by atoms with Gasteiger partial charge < -0.3 is 19.8 Å². The number of unbranched alkanes of at least 4 members (excludes halogenated alkanes) is 13. The Balaban J connectivity index is 0. The van der Waals surface area contributed by atoms with E-state index in [4.69, 9.17) is 0 Å². The van der Waals surface area contributed by atoms with Crippen molar-refractivity contribution in [2.24, 2.45) is 0 Å². The first-order valence-corrected chi connectivity index (χ1v) is 16.9. The van der Waals surface area contributed by atoms with Crippen molar-refractivity contribution < 1.29 is 19.8 Å². The van der Waals surface area contributed by atoms with Gasteiger partial charge in [0, 0.05) is 0 Å². The van der Waals surface area contributed by atoms with Crippen LogP contribution in [0.25, 0.3) is 0 Å². The average molecular weight is 543 g/mol. The molecule has 180 valence electrons. The van der Waals surface area contributed by atoms with Crippen molar-refractivity contribution in [3.63, 3.8) is 0 Å². The van der Waals surface area contributed by atoms with E-state index in [1.807, 2.05) is 6.92 Å². The molecule has 0 amide bonds. The first kappa shape index (κ1) is 32.7. The molecule has 5 heteroatoms. The normalized spacial score (nSPS) is 10.9. The zero-order valence-corrected chi connectivity index (χ0v) is 23.5. The van der Waals surface area contributed by atoms with Crippen molar-refractivity contribution in [3.8, 4) is 0 Å². The second-order valence-corrected chi connectivity index (χ2v) is 12.7. The minimum absolute atomic E-state index is 0.0736. The number of carboxylic acids is 2. The number of carboxylic acid groups (broad SMARTS) is 2. The summed E-state index contributed by atoms with van der Waals surface area (Å²) in [5.74, 6) is -2.91. The van der Waals surface area contributed by atoms with Crippen molar-refractivity contribution in [1.29, 1.82) is 0 Å². The molecule has 0 aliphatic carbocycles. The molecule has 31 heavy (non-hydrogen) atoms. The molecule has 0 saturated carbocycles. The van der Waals surface area contributed by atoms with Crippen molar-refractivity contribution >= 4 is 33.1 Å². The summed E-state index contributed by atoms with van der Waals surface area (Å²) in [6.45, 7) is 6.64. The van der Waals surface area contributed by atoms with Gasteiger partial charge in [-0.05, 0) is 24.5 Å². The molecule has 0 radical (unpaired) electrons. The van der Waals surface area contributed by atoms with E-state index in [9.17, 15) is 19.8 Å². The molecule has 0 bridgehead atoms. The van der Waals surface area contributed by atoms with Crippen molar-refractivity contribution in [3.05, 3.63) is 11.6 Å². The van der Waals surface area contributed by atoms with Gasteiger partial charge in [0.1, 0.15) is 0 Å². The number of rotatable bonds is 21. The Hall–Kier alpha value is -0.521. The third kappa shape index (κ3) is 29.5. The predicted octanol–water partition coefficient (Wildman–Crippen LogP) is 5.63. The Morgan fingerprint density at radius 3 is 1.39 bits per heavy atom. The number of hydrogen-bond acceptors (Lipinski definition) is 4. The van der Waals surface area contributed by atoms with Gasteiger partial charge in [0.25, 0.3) is 0 Å². The first-order chi connectivity index (χ1) is 15.0. The van der Waals surface area contributed by atoms with Gasteiger partial charge in [0.2, 0.25) is 0 Å². The monoisotopic (exact) mass is 544 g/mol. The Kier molecular flexibility index (Phi) is 29.0. The van der Waals surface area contributed by atoms with Crippen LogP contribution in [0.15, 0.2) is 11.6 Å². The predicted molar refractivity (Wildman–Crippen MR) is 129 cm³/mol. The molecule has 0 aliphatic heterocycles. The van der Waals surface area contributed by atoms with Crippen LogP contribution >= 0.6 is 0 Å². The summed E-state index contributed by atoms with van der Waals surface area (Å²) in [4.78, 5) is 20.6. The molecule has 0 saturated heterocycles. The van der Waals surface area contributed by atoms with Crippen LogP contribution in [0.4, 0.5) is 0 Å². The Morgan fingerprint density at radius 1 is 0.613 bits per heavy atom. The number of carbonyl (C=O) groups is 2. The molecular formula is C26H48O4Sn. The molecule has 4 nitrogen and oxygen atoms in total. The van der Waals surface area contributed by atoms with Crippen LogP contribution in [0.5, 0.6) is 0 Å². The van der Waals surface area contributed by atoms with Crippen LogP contribution < -0.4 is 10.2 Å². The average Bonchev–Trinajstić information content (AvgIpc) is 2.74. The quantitative estimate of drug-likeness (QED) is 0.107. The summed E-state index contributed by atoms with van der Waals surface area (Å²) >= 11 is 0.0736. The summed E-state index contributed by atoms with van der Waals surface area (Å²) in [6, 6.07) is 0. The standard InChI is InChI=1S/C10H16O4.2C8H17.Sn/c1-2-3-4-5-6-8(10(13)14)7-9(11)12;2*1-3-5-7-8-6-4-2;/h7H,2-6H2,1H3,(H,11,12)(H,13,14);2*1,3-8H2,2H3;/q;;;+2/p-2/b8-7-;;;. The van der Waals surface area contributed by atoms with Crippen molar-refractivity contribution in [2.75, 3.05) is 0 Å². The van der Waals surface area contributed by atoms with Crippen LogP contribution in [-0.4, -0.2) is 33.1 Å². The summed E-state index contributed by atoms with van der Waals surface area (Å²) < 4.78 is 3.31. The van der Waals surface area contributed by atoms with Gasteiger partial charge in [-0.25, -0.2) is 0 Å². The van der Waals surface area contributed by atoms with Gasteiger partial charge >= 0.3 is 121 Å². The SMILES string of the molecule is CCCCCC/C(=C/C(=O)[O-])C(=O)[O-].CCCCCCC[CH2][Sn+2][CH2]CCCCCCC. The van der Waals surface area contributed by atoms with Crippen LogP contribution in [0.3, 0.4) is 0 Å². The molecule has 0 heterocycles. The van der Waals surface area contributed by atoms with Crippen LogP contribution in [0, 0.1) is 0 Å². The number of aliphatic carboxylic acids is 2. The molecule has 0 spiro atoms. The van der Waals surface area contributed by atoms with Gasteiger partial charge in [-0.1, -0.05) is 26.2 Å². The van der Waals surface area contributed by atoms with E-state index in [-0.39, 0.29) is 33.1 Å². The maximum absolute atomic E-state index is 10.4. The molecule has 0 unspecified atom stereocenters. The van der Waals surface area contributed by atoms with E-state index in [2.05, 4.69) is 13.8 Å². The fraction of sp³-hybridized carbons (Fsp3) is 0.846. The molecule has 0 fully saturated rings. The van der Waals surface area contributed by atoms with Crippen LogP contribution in [0.2, 0.25) is 8.87 Å². The van der Waals surface area contributed by atoms with E-state index in [0.29, 0.717) is 12.5 Å². The Bertz CT molecular complexity index is 421. The third-order valence-electron chi connectivity index (χ3n) is 5.27. The van der Waals surface area contributed by atoms with Crippen molar-refractivity contribution in [2.45, 2.75) is 139 Å². The van der Waals surface area contributed by atoms with Gasteiger partial charge in [0.05, 0.1) is 11.9 Å². The fourth-order valence-electron chi connectivity index (χ4n) is 3.30. The minimum atomic E-state index is -1.49. The van der Waals surface area contributed by atoms with E-state index >= 15 is 0 Å². The molecule has 0 aromatic rings. The molecule has 0 atom stereocenters. The second-order valence-electron chi connectivity index (χ2n) is 8.37. The van der Waals surface area contributed by atoms with E-state index in [0.717, 1.165) is 19.3 Å². The molecular weight excluding hydrogens is 495 g/mol. The number of hydrogen-bond donors (Lipinski definition) is 0. The maximum atomic E-state index is 10.4. The Labute approximate surface area is 202 Å². The Morgan fingerprint density at radius 2 is 1.00 bits per heavy atom. The third-order valence-corrected chi connectivity index (χ3v) is 9.30.